The molecule has 1 aliphatic rings. The molecule has 1 aliphatic heterocycles. The van der Waals surface area contributed by atoms with Crippen LogP contribution < -0.4 is 15.4 Å². The van der Waals surface area contributed by atoms with E-state index in [0.717, 1.165) is 49.6 Å². The molecule has 0 saturated carbocycles. The predicted molar refractivity (Wildman–Crippen MR) is 180 cm³/mol. The molecule has 4 aromatic carbocycles. The molecule has 1 unspecified atom stereocenters. The van der Waals surface area contributed by atoms with Crippen molar-refractivity contribution >= 4 is 45.2 Å². The van der Waals surface area contributed by atoms with Gasteiger partial charge >= 0.3 is 0 Å². The fourth-order valence-electron chi connectivity index (χ4n) is 5.09. The lowest BCUT2D eigenvalue weighted by atomic mass is 9.94. The summed E-state index contributed by atoms with van der Waals surface area (Å²) < 4.78 is 8.91. The van der Waals surface area contributed by atoms with Gasteiger partial charge in [-0.15, -0.1) is 5.10 Å². The van der Waals surface area contributed by atoms with Crippen LogP contribution in [0.1, 0.15) is 40.8 Å². The van der Waals surface area contributed by atoms with Gasteiger partial charge in [0.25, 0.3) is 5.91 Å². The summed E-state index contributed by atoms with van der Waals surface area (Å²) in [5.74, 6) is 1.89. The number of ether oxygens (including phenoxy) is 1. The number of benzene rings is 4. The Morgan fingerprint density at radius 1 is 0.932 bits per heavy atom. The van der Waals surface area contributed by atoms with Crippen molar-refractivity contribution in [3.8, 4) is 5.75 Å². The highest BCUT2D eigenvalue weighted by Gasteiger charge is 2.34. The molecule has 0 spiro atoms. The fourth-order valence-corrected chi connectivity index (χ4v) is 6.14. The number of nitrogens with zero attached hydrogens (tertiary/aromatic N) is 3. The van der Waals surface area contributed by atoms with Crippen molar-refractivity contribution in [2.75, 3.05) is 10.6 Å². The number of carbonyl (C=O) groups excluding carboxylic acids is 1. The standard InChI is InChI=1S/C35H32BrN5O2S/c1-22-8-7-11-30(23(22)2)38-33(42)31-24(3)37-34-39-35(44-21-26-9-5-4-6-10-26)40-41(34)32(31)27-14-18-29(19-15-27)43-20-25-12-16-28(36)17-13-25/h4-19,32H,20-21H2,1-3H3,(H,38,42)(H,37,39,40). The number of halogens is 1. The Morgan fingerprint density at radius 3 is 2.43 bits per heavy atom. The summed E-state index contributed by atoms with van der Waals surface area (Å²) >= 11 is 5.04. The van der Waals surface area contributed by atoms with Crippen molar-refractivity contribution in [2.45, 2.75) is 44.3 Å². The molecular weight excluding hydrogens is 634 g/mol. The highest BCUT2D eigenvalue weighted by molar-refractivity contribution is 9.10. The molecule has 1 aromatic heterocycles. The average Bonchev–Trinajstić information content (AvgIpc) is 3.44. The Bertz CT molecular complexity index is 1820. The van der Waals surface area contributed by atoms with Crippen LogP contribution in [-0.4, -0.2) is 20.7 Å². The van der Waals surface area contributed by atoms with E-state index >= 15 is 0 Å². The molecule has 44 heavy (non-hydrogen) atoms. The third-order valence-electron chi connectivity index (χ3n) is 7.66. The van der Waals surface area contributed by atoms with Crippen molar-refractivity contribution in [3.05, 3.63) is 141 Å². The molecule has 6 rings (SSSR count). The number of aromatic nitrogens is 3. The Hall–Kier alpha value is -4.34. The van der Waals surface area contributed by atoms with Gasteiger partial charge in [-0.3, -0.25) is 4.79 Å². The number of rotatable bonds is 9. The number of anilines is 2. The quantitative estimate of drug-likeness (QED) is 0.154. The molecule has 2 heterocycles. The fraction of sp³-hybridized carbons (Fsp3) is 0.171. The minimum atomic E-state index is -0.490. The second-order valence-electron chi connectivity index (χ2n) is 10.7. The van der Waals surface area contributed by atoms with Crippen LogP contribution in [0.2, 0.25) is 0 Å². The van der Waals surface area contributed by atoms with Crippen LogP contribution in [0, 0.1) is 13.8 Å². The van der Waals surface area contributed by atoms with Crippen LogP contribution in [0.4, 0.5) is 11.6 Å². The van der Waals surface area contributed by atoms with Crippen molar-refractivity contribution in [3.63, 3.8) is 0 Å². The molecule has 0 radical (unpaired) electrons. The Labute approximate surface area is 269 Å². The third-order valence-corrected chi connectivity index (χ3v) is 9.09. The Balaban J connectivity index is 1.30. The van der Waals surface area contributed by atoms with Crippen LogP contribution in [0.25, 0.3) is 0 Å². The number of carbonyl (C=O) groups is 1. The highest BCUT2D eigenvalue weighted by atomic mass is 79.9. The number of aryl methyl sites for hydroxylation is 1. The number of hydrogen-bond donors (Lipinski definition) is 2. The maximum Gasteiger partial charge on any atom is 0.255 e. The highest BCUT2D eigenvalue weighted by Crippen LogP contribution is 2.38. The van der Waals surface area contributed by atoms with Gasteiger partial charge in [0.2, 0.25) is 11.1 Å². The van der Waals surface area contributed by atoms with Crippen LogP contribution in [0.5, 0.6) is 5.75 Å². The van der Waals surface area contributed by atoms with Crippen LogP contribution in [0.3, 0.4) is 0 Å². The molecule has 9 heteroatoms. The van der Waals surface area contributed by atoms with E-state index in [9.17, 15) is 4.79 Å². The number of nitrogens with one attached hydrogen (secondary N) is 2. The molecule has 1 atom stereocenters. The summed E-state index contributed by atoms with van der Waals surface area (Å²) in [4.78, 5) is 18.8. The van der Waals surface area contributed by atoms with E-state index in [1.807, 2.05) is 110 Å². The van der Waals surface area contributed by atoms with Crippen molar-refractivity contribution in [1.29, 1.82) is 0 Å². The predicted octanol–water partition coefficient (Wildman–Crippen LogP) is 8.46. The van der Waals surface area contributed by atoms with Crippen molar-refractivity contribution in [2.24, 2.45) is 0 Å². The van der Waals surface area contributed by atoms with Gasteiger partial charge in [0.15, 0.2) is 0 Å². The van der Waals surface area contributed by atoms with E-state index in [4.69, 9.17) is 14.8 Å². The van der Waals surface area contributed by atoms with Crippen LogP contribution in [-0.2, 0) is 17.2 Å². The minimum absolute atomic E-state index is 0.191. The van der Waals surface area contributed by atoms with Crippen molar-refractivity contribution in [1.82, 2.24) is 14.8 Å². The maximum absolute atomic E-state index is 14.0. The van der Waals surface area contributed by atoms with Gasteiger partial charge in [0.05, 0.1) is 5.57 Å². The zero-order chi connectivity index (χ0) is 30.6. The molecule has 5 aromatic rings. The summed E-state index contributed by atoms with van der Waals surface area (Å²) in [7, 11) is 0. The van der Waals surface area contributed by atoms with Crippen LogP contribution in [0.15, 0.2) is 118 Å². The average molecular weight is 667 g/mol. The number of thioether (sulfide) groups is 1. The first-order chi connectivity index (χ1) is 21.4. The molecule has 0 bridgehead atoms. The summed E-state index contributed by atoms with van der Waals surface area (Å²) in [5, 5.41) is 12.0. The number of amides is 1. The van der Waals surface area contributed by atoms with E-state index in [2.05, 4.69) is 38.7 Å². The van der Waals surface area contributed by atoms with Gasteiger partial charge in [-0.1, -0.05) is 94.4 Å². The van der Waals surface area contributed by atoms with E-state index in [-0.39, 0.29) is 5.91 Å². The molecule has 0 aliphatic carbocycles. The number of allylic oxidation sites excluding steroid dienone is 1. The third kappa shape index (κ3) is 6.59. The number of hydrogen-bond acceptors (Lipinski definition) is 6. The first-order valence-corrected chi connectivity index (χ1v) is 16.1. The summed E-state index contributed by atoms with van der Waals surface area (Å²) in [6.07, 6.45) is 0. The van der Waals surface area contributed by atoms with E-state index in [1.165, 1.54) is 5.56 Å². The SMILES string of the molecule is CC1=C(C(=O)Nc2cccc(C)c2C)C(c2ccc(OCc3ccc(Br)cc3)cc2)n2nc(SCc3ccccc3)nc2N1. The molecule has 2 N–H and O–H groups in total. The molecule has 0 fully saturated rings. The van der Waals surface area contributed by atoms with Gasteiger partial charge in [0, 0.05) is 21.6 Å². The Morgan fingerprint density at radius 2 is 1.68 bits per heavy atom. The summed E-state index contributed by atoms with van der Waals surface area (Å²) in [6.45, 7) is 6.42. The van der Waals surface area contributed by atoms with Crippen molar-refractivity contribution < 1.29 is 9.53 Å². The normalized spacial score (nSPS) is 14.1. The Kier molecular flexibility index (Phi) is 8.86. The first-order valence-electron chi connectivity index (χ1n) is 14.3. The first kappa shape index (κ1) is 29.7. The minimum Gasteiger partial charge on any atom is -0.489 e. The second-order valence-corrected chi connectivity index (χ2v) is 12.5. The lowest BCUT2D eigenvalue weighted by Crippen LogP contribution is -2.31. The lowest BCUT2D eigenvalue weighted by molar-refractivity contribution is -0.113. The smallest absolute Gasteiger partial charge is 0.255 e. The molecule has 1 amide bonds. The largest absolute Gasteiger partial charge is 0.489 e. The zero-order valence-electron chi connectivity index (χ0n) is 24.7. The van der Waals surface area contributed by atoms with Gasteiger partial charge in [-0.25, -0.2) is 4.68 Å². The summed E-state index contributed by atoms with van der Waals surface area (Å²) in [6, 6.07) is 31.6. The maximum atomic E-state index is 14.0. The van der Waals surface area contributed by atoms with E-state index in [0.29, 0.717) is 23.3 Å². The van der Waals surface area contributed by atoms with E-state index < -0.39 is 6.04 Å². The van der Waals surface area contributed by atoms with Gasteiger partial charge < -0.3 is 15.4 Å². The second kappa shape index (κ2) is 13.1. The summed E-state index contributed by atoms with van der Waals surface area (Å²) in [5.41, 5.74) is 7.41. The molecule has 7 nitrogen and oxygen atoms in total. The van der Waals surface area contributed by atoms with Gasteiger partial charge in [-0.05, 0) is 78.9 Å². The molecular formula is C35H32BrN5O2S. The van der Waals surface area contributed by atoms with E-state index in [1.54, 1.807) is 11.8 Å². The van der Waals surface area contributed by atoms with Gasteiger partial charge in [-0.2, -0.15) is 4.98 Å². The monoisotopic (exact) mass is 665 g/mol. The number of fused-ring (bicyclic) bond motifs is 1. The van der Waals surface area contributed by atoms with Crippen LogP contribution >= 0.6 is 27.7 Å². The molecule has 0 saturated heterocycles. The zero-order valence-corrected chi connectivity index (χ0v) is 27.1. The van der Waals surface area contributed by atoms with Gasteiger partial charge in [0.1, 0.15) is 18.4 Å². The topological polar surface area (TPSA) is 81.1 Å². The molecule has 222 valence electrons. The lowest BCUT2D eigenvalue weighted by Gasteiger charge is -2.29.